The van der Waals surface area contributed by atoms with Crippen LogP contribution in [0.1, 0.15) is 127 Å². The van der Waals surface area contributed by atoms with E-state index < -0.39 is 187 Å². The number of aryl methyl sites for hydroxylation is 1. The van der Waals surface area contributed by atoms with Gasteiger partial charge < -0.3 is 54.3 Å². The molecule has 4 aliphatic heterocycles. The predicted octanol–water partition coefficient (Wildman–Crippen LogP) is 8.97. The highest BCUT2D eigenvalue weighted by Gasteiger charge is 2.58. The fourth-order valence-corrected chi connectivity index (χ4v) is 14.7. The predicted molar refractivity (Wildman–Crippen MR) is 378 cm³/mol. The number of alkyl halides is 8. The molecule has 39 heteroatoms. The zero-order valence-electron chi connectivity index (χ0n) is 62.8. The largest absolute Gasteiger partial charge is 0.524 e. The number of hydrogen-bond donors (Lipinski definition) is 7. The van der Waals surface area contributed by atoms with Gasteiger partial charge in [-0.25, -0.2) is 47.4 Å². The zero-order valence-corrected chi connectivity index (χ0v) is 63.7. The number of phosphoric acid groups is 1. The molecule has 0 radical (unpaired) electrons. The number of hydrazine groups is 1. The highest BCUT2D eigenvalue weighted by Crippen LogP contribution is 2.48. The van der Waals surface area contributed by atoms with Gasteiger partial charge in [-0.05, 0) is 119 Å². The standard InChI is InChI=1S/C73H87F10N12O16P/c1-39-22-44(27-56(96)93-38-68(2,3)28-53(93)63(100)101)58(54(23-39)111-112(104,105)106)69(4,5)29-57(97)110-55(35-92(90-62(99)60(88-67(103)108-11)71(8,9)73(81,82)83)34-48-49(74)25-43(26-50(48)75)51-20-21-94(89-51)64(76)77)52(86-61(98)59(87-66(102)107-10)70(6,7)72(78,79)80)24-41-15-12-40(13-16-41)14-17-42-30-84-65(85-31-42)91-32-45-18-19-46(33-91)95(45)47-36-109-37-47/h12-13,15-16,20-23,25-26,30-31,45-47,52-53,55,59-60,64H,18-19,24,27-29,32-38H2,1-11H3,(H,86,98)(H,87,102)(H,88,103)(H,90,99)(H,100,101)(H2,104,105,106)/t45?,46?,52-,53-,55-,59+,60+/m0/s1. The zero-order chi connectivity index (χ0) is 82.7. The van der Waals surface area contributed by atoms with Gasteiger partial charge in [0.05, 0.1) is 81.0 Å². The number of nitrogens with zero attached hydrogens (tertiary/aromatic N) is 8. The Bertz CT molecular complexity index is 4400. The molecule has 610 valence electrons. The number of piperazine rings is 1. The van der Waals surface area contributed by atoms with Gasteiger partial charge >= 0.3 is 50.8 Å². The Morgan fingerprint density at radius 2 is 1.34 bits per heavy atom. The number of methoxy groups -OCH3 is 2. The summed E-state index contributed by atoms with van der Waals surface area (Å²) in [6.07, 6.45) is -12.9. The number of aliphatic carboxylic acids is 1. The Balaban J connectivity index is 1.17. The molecule has 0 spiro atoms. The Labute approximate surface area is 637 Å². The van der Waals surface area contributed by atoms with Crippen molar-refractivity contribution in [3.63, 3.8) is 0 Å². The van der Waals surface area contributed by atoms with Crippen LogP contribution < -0.4 is 30.8 Å². The molecule has 4 fully saturated rings. The summed E-state index contributed by atoms with van der Waals surface area (Å²) in [6, 6.07) is 2.40. The Morgan fingerprint density at radius 3 is 1.85 bits per heavy atom. The summed E-state index contributed by atoms with van der Waals surface area (Å²) in [5, 5.41) is 20.3. The van der Waals surface area contributed by atoms with E-state index in [2.05, 4.69) is 56.9 Å². The lowest BCUT2D eigenvalue weighted by molar-refractivity contribution is -0.221. The molecule has 2 aromatic heterocycles. The third-order valence-electron chi connectivity index (χ3n) is 20.4. The summed E-state index contributed by atoms with van der Waals surface area (Å²) in [5.41, 5.74) is -8.53. The number of carboxylic acid groups (broad SMARTS) is 1. The topological polar surface area (TPSA) is 348 Å². The minimum absolute atomic E-state index is 0.0126. The first-order valence-corrected chi connectivity index (χ1v) is 36.8. The molecular weight excluding hydrogens is 1520 g/mol. The van der Waals surface area contributed by atoms with Crippen LogP contribution in [0.3, 0.4) is 0 Å². The number of amides is 5. The van der Waals surface area contributed by atoms with E-state index in [0.29, 0.717) is 106 Å². The molecule has 7 N–H and O–H groups in total. The number of halogens is 10. The SMILES string of the molecule is COC(=O)N[C@H](C(=O)N[C@@H](Cc1ccc(C#Cc2cnc(N3CC4CCC(C3)N4C3COC3)nc2)cc1)[C@H](CN(Cc1c(F)cc(-c2ccn(C(F)F)n2)cc1F)NC(=O)[C@@H](NC(=O)OC)C(C)(C)C(F)(F)F)OC(=O)CC(C)(C)c1c(CC(=O)N2CC(C)(C)C[C@H]2C(=O)O)cc(C)cc1OP(=O)(O)O)C(C)(C)C(F)(F)F. The number of hydrogen-bond acceptors (Lipinski definition) is 19. The van der Waals surface area contributed by atoms with Crippen LogP contribution in [-0.2, 0) is 72.3 Å². The number of likely N-dealkylation sites (tertiary alicyclic amines) is 1. The summed E-state index contributed by atoms with van der Waals surface area (Å²) in [5.74, 6) is -4.52. The van der Waals surface area contributed by atoms with E-state index in [0.717, 1.165) is 50.3 Å². The third kappa shape index (κ3) is 20.6. The highest BCUT2D eigenvalue weighted by molar-refractivity contribution is 7.46. The van der Waals surface area contributed by atoms with Gasteiger partial charge in [0.2, 0.25) is 17.8 Å². The number of carbonyl (C=O) groups excluding carboxylic acids is 6. The Hall–Kier alpha value is -9.67. The summed E-state index contributed by atoms with van der Waals surface area (Å²) in [4.78, 5) is 134. The van der Waals surface area contributed by atoms with E-state index in [1.54, 1.807) is 19.2 Å². The second-order valence-electron chi connectivity index (χ2n) is 30.7. The quantitative estimate of drug-likeness (QED) is 0.00613. The number of aromatic nitrogens is 4. The van der Waals surface area contributed by atoms with Gasteiger partial charge in [0.1, 0.15) is 41.6 Å². The second kappa shape index (κ2) is 34.0. The van der Waals surface area contributed by atoms with Gasteiger partial charge in [0.15, 0.2) is 0 Å². The monoisotopic (exact) mass is 1610 g/mol. The number of ether oxygens (including phenoxy) is 4. The number of nitrogens with one attached hydrogen (secondary N) is 4. The van der Waals surface area contributed by atoms with Crippen molar-refractivity contribution in [2.24, 2.45) is 16.2 Å². The van der Waals surface area contributed by atoms with Crippen LogP contribution in [0.4, 0.5) is 59.4 Å². The van der Waals surface area contributed by atoms with Crippen molar-refractivity contribution in [1.29, 1.82) is 0 Å². The number of fused-ring (bicyclic) bond motifs is 2. The lowest BCUT2D eigenvalue weighted by Crippen LogP contribution is -2.64. The molecule has 4 aliphatic rings. The average Bonchev–Trinajstić information content (AvgIpc) is 1.63. The first kappa shape index (κ1) is 86.3. The molecule has 4 saturated heterocycles. The fraction of sp³-hybridized carbons (Fsp3) is 0.534. The summed E-state index contributed by atoms with van der Waals surface area (Å²) < 4.78 is 192. The number of benzene rings is 3. The maximum absolute atomic E-state index is 16.9. The molecule has 3 aromatic carbocycles. The van der Waals surface area contributed by atoms with Gasteiger partial charge in [0, 0.05) is 84.5 Å². The van der Waals surface area contributed by atoms with Crippen molar-refractivity contribution in [3.05, 3.63) is 124 Å². The molecule has 0 saturated carbocycles. The lowest BCUT2D eigenvalue weighted by Gasteiger charge is -2.47. The van der Waals surface area contributed by atoms with E-state index >= 15 is 44.7 Å². The Morgan fingerprint density at radius 1 is 0.777 bits per heavy atom. The van der Waals surface area contributed by atoms with Crippen molar-refractivity contribution >= 4 is 55.6 Å². The van der Waals surface area contributed by atoms with Crippen molar-refractivity contribution in [1.82, 2.24) is 55.9 Å². The third-order valence-corrected chi connectivity index (χ3v) is 20.8. The van der Waals surface area contributed by atoms with Crippen molar-refractivity contribution in [3.8, 4) is 28.8 Å². The summed E-state index contributed by atoms with van der Waals surface area (Å²) >= 11 is 0. The molecular formula is C73H87F10N12O16P. The maximum Gasteiger partial charge on any atom is 0.524 e. The van der Waals surface area contributed by atoms with Gasteiger partial charge in [-0.3, -0.25) is 39.3 Å². The highest BCUT2D eigenvalue weighted by atomic mass is 31.2. The van der Waals surface area contributed by atoms with Gasteiger partial charge in [-0.2, -0.15) is 40.2 Å². The molecule has 2 bridgehead atoms. The number of phosphoric ester groups is 1. The number of carboxylic acids is 1. The lowest BCUT2D eigenvalue weighted by atomic mass is 9.77. The number of carbonyl (C=O) groups is 7. The van der Waals surface area contributed by atoms with Crippen LogP contribution in [0.2, 0.25) is 0 Å². The molecule has 112 heavy (non-hydrogen) atoms. The molecule has 6 heterocycles. The van der Waals surface area contributed by atoms with Gasteiger partial charge in [-0.15, -0.1) is 0 Å². The fourth-order valence-electron chi connectivity index (χ4n) is 14.3. The average molecular weight is 1610 g/mol. The van der Waals surface area contributed by atoms with Crippen molar-refractivity contribution in [2.75, 3.05) is 58.5 Å². The first-order valence-electron chi connectivity index (χ1n) is 35.2. The van der Waals surface area contributed by atoms with E-state index in [1.807, 2.05) is 5.32 Å². The molecule has 5 aromatic rings. The number of rotatable bonds is 28. The molecule has 0 aliphatic carbocycles. The number of alkyl carbamates (subject to hydrolysis) is 2. The van der Waals surface area contributed by atoms with Crippen LogP contribution in [-0.4, -0.2) is 206 Å². The molecule has 9 rings (SSSR count). The summed E-state index contributed by atoms with van der Waals surface area (Å²) in [7, 11) is -4.12. The van der Waals surface area contributed by atoms with Crippen LogP contribution >= 0.6 is 7.82 Å². The smallest absolute Gasteiger partial charge is 0.480 e. The van der Waals surface area contributed by atoms with Crippen LogP contribution in [0.15, 0.2) is 73.2 Å². The van der Waals surface area contributed by atoms with E-state index in [9.17, 15) is 52.2 Å². The van der Waals surface area contributed by atoms with E-state index in [-0.39, 0.29) is 39.9 Å². The van der Waals surface area contributed by atoms with Crippen LogP contribution in [0.5, 0.6) is 5.75 Å². The van der Waals surface area contributed by atoms with Gasteiger partial charge in [0.25, 0.3) is 5.91 Å². The van der Waals surface area contributed by atoms with E-state index in [4.69, 9.17) is 14.0 Å². The van der Waals surface area contributed by atoms with Crippen molar-refractivity contribution < 1.29 is 120 Å². The maximum atomic E-state index is 16.9. The number of anilines is 1. The van der Waals surface area contributed by atoms with Crippen molar-refractivity contribution in [2.45, 2.75) is 180 Å². The normalized spacial score (nSPS) is 18.7. The van der Waals surface area contributed by atoms with Gasteiger partial charge in [-0.1, -0.05) is 57.7 Å². The minimum Gasteiger partial charge on any atom is -0.480 e. The minimum atomic E-state index is -5.60. The second-order valence-corrected chi connectivity index (χ2v) is 31.8. The molecule has 7 atom stereocenters. The molecule has 2 unspecified atom stereocenters. The molecule has 5 amide bonds. The summed E-state index contributed by atoms with van der Waals surface area (Å²) in [6.45, 7) is 6.17. The number of esters is 1. The molecule has 28 nitrogen and oxygen atoms in total. The van der Waals surface area contributed by atoms with E-state index in [1.165, 1.54) is 63.5 Å². The van der Waals surface area contributed by atoms with Crippen LogP contribution in [0, 0.1) is 46.6 Å². The first-order chi connectivity index (χ1) is 52.1. The van der Waals surface area contributed by atoms with Crippen LogP contribution in [0.25, 0.3) is 11.3 Å². The Kier molecular flexibility index (Phi) is 26.2.